The highest BCUT2D eigenvalue weighted by Crippen LogP contribution is 1.92. The normalized spacial score (nSPS) is 10.1. The molecule has 0 fully saturated rings. The van der Waals surface area contributed by atoms with E-state index in [4.69, 9.17) is 5.26 Å². The number of carbonyl (C=O) groups excluding carboxylic acids is 1. The summed E-state index contributed by atoms with van der Waals surface area (Å²) >= 11 is 0. The van der Waals surface area contributed by atoms with E-state index in [2.05, 4.69) is 4.74 Å². The van der Waals surface area contributed by atoms with Crippen LogP contribution in [0.1, 0.15) is 6.92 Å². The van der Waals surface area contributed by atoms with E-state index >= 15 is 0 Å². The van der Waals surface area contributed by atoms with Crippen LogP contribution in [0.3, 0.4) is 0 Å². The second-order valence-corrected chi connectivity index (χ2v) is 1.31. The van der Waals surface area contributed by atoms with Crippen molar-refractivity contribution >= 4 is 5.97 Å². The number of rotatable bonds is 1. The largest absolute Gasteiger partial charge is 0.465 e. The van der Waals surface area contributed by atoms with Gasteiger partial charge in [-0.2, -0.15) is 5.26 Å². The maximum atomic E-state index is 10.5. The number of carbonyl (C=O) groups is 1. The molecule has 0 atom stereocenters. The zero-order valence-electron chi connectivity index (χ0n) is 5.34. The van der Waals surface area contributed by atoms with Gasteiger partial charge >= 0.3 is 5.97 Å². The number of nitrogens with zero attached hydrogens (tertiary/aromatic N) is 1. The Morgan fingerprint density at radius 1 is 1.78 bits per heavy atom. The molecule has 0 rings (SSSR count). The number of ether oxygens (including phenoxy) is 1. The minimum Gasteiger partial charge on any atom is -0.465 e. The molecule has 0 saturated carbocycles. The Morgan fingerprint density at radius 2 is 2.33 bits per heavy atom. The van der Waals surface area contributed by atoms with Gasteiger partial charge in [0, 0.05) is 0 Å². The van der Waals surface area contributed by atoms with Gasteiger partial charge in [-0.1, -0.05) is 6.08 Å². The number of nitriles is 1. The van der Waals surface area contributed by atoms with Crippen molar-refractivity contribution in [1.29, 1.82) is 5.26 Å². The molecule has 0 saturated heterocycles. The summed E-state index contributed by atoms with van der Waals surface area (Å²) in [6, 6.07) is 1.69. The summed E-state index contributed by atoms with van der Waals surface area (Å²) in [5.74, 6) is -0.583. The maximum Gasteiger partial charge on any atom is 0.348 e. The SMILES string of the molecule is C/C=C(\C#N)C(=O)OC. The third-order valence-corrected chi connectivity index (χ3v) is 0.814. The van der Waals surface area contributed by atoms with E-state index < -0.39 is 5.97 Å². The zero-order chi connectivity index (χ0) is 7.28. The van der Waals surface area contributed by atoms with E-state index in [1.807, 2.05) is 0 Å². The monoisotopic (exact) mass is 125 g/mol. The number of allylic oxidation sites excluding steroid dienone is 1. The summed E-state index contributed by atoms with van der Waals surface area (Å²) in [5.41, 5.74) is 0.0394. The molecule has 0 aromatic rings. The van der Waals surface area contributed by atoms with Crippen LogP contribution in [0.25, 0.3) is 0 Å². The molecule has 3 heteroatoms. The first kappa shape index (κ1) is 7.70. The molecule has 0 N–H and O–H groups in total. The molecule has 0 heterocycles. The minimum atomic E-state index is -0.583. The molecule has 48 valence electrons. The average molecular weight is 125 g/mol. The standard InChI is InChI=1S/C6H7NO2/c1-3-5(4-7)6(8)9-2/h3H,1-2H3/b5-3+. The van der Waals surface area contributed by atoms with Crippen molar-refractivity contribution in [3.05, 3.63) is 11.6 Å². The van der Waals surface area contributed by atoms with Crippen molar-refractivity contribution in [1.82, 2.24) is 0 Å². The third-order valence-electron chi connectivity index (χ3n) is 0.814. The molecule has 3 nitrogen and oxygen atoms in total. The Morgan fingerprint density at radius 3 is 2.44 bits per heavy atom. The molecule has 0 amide bonds. The first-order chi connectivity index (χ1) is 4.26. The number of methoxy groups -OCH3 is 1. The predicted octanol–water partition coefficient (Wildman–Crippen LogP) is 0.629. The van der Waals surface area contributed by atoms with Crippen molar-refractivity contribution in [2.45, 2.75) is 6.92 Å². The fraction of sp³-hybridized carbons (Fsp3) is 0.333. The summed E-state index contributed by atoms with van der Waals surface area (Å²) in [6.45, 7) is 1.61. The topological polar surface area (TPSA) is 50.1 Å². The zero-order valence-corrected chi connectivity index (χ0v) is 5.34. The summed E-state index contributed by atoms with van der Waals surface area (Å²) < 4.78 is 4.26. The second-order valence-electron chi connectivity index (χ2n) is 1.31. The molecule has 9 heavy (non-hydrogen) atoms. The van der Waals surface area contributed by atoms with Crippen LogP contribution in [-0.4, -0.2) is 13.1 Å². The minimum absolute atomic E-state index is 0.0394. The lowest BCUT2D eigenvalue weighted by Gasteiger charge is -1.91. The molecule has 0 spiro atoms. The van der Waals surface area contributed by atoms with Gasteiger partial charge in [0.1, 0.15) is 11.6 Å². The van der Waals surface area contributed by atoms with E-state index in [1.165, 1.54) is 13.2 Å². The molecule has 0 aliphatic rings. The second kappa shape index (κ2) is 3.67. The summed E-state index contributed by atoms with van der Waals surface area (Å²) in [5, 5.41) is 8.21. The van der Waals surface area contributed by atoms with E-state index in [9.17, 15) is 4.79 Å². The predicted molar refractivity (Wildman–Crippen MR) is 31.4 cm³/mol. The van der Waals surface area contributed by atoms with Crippen molar-refractivity contribution in [3.8, 4) is 6.07 Å². The van der Waals surface area contributed by atoms with Gasteiger partial charge in [-0.05, 0) is 6.92 Å². The number of hydrogen-bond donors (Lipinski definition) is 0. The van der Waals surface area contributed by atoms with Gasteiger partial charge in [-0.15, -0.1) is 0 Å². The average Bonchev–Trinajstić information content (AvgIpc) is 1.90. The van der Waals surface area contributed by atoms with Crippen molar-refractivity contribution < 1.29 is 9.53 Å². The van der Waals surface area contributed by atoms with Crippen LogP contribution in [-0.2, 0) is 9.53 Å². The fourth-order valence-electron chi connectivity index (χ4n) is 0.338. The smallest absolute Gasteiger partial charge is 0.348 e. The molecule has 0 bridgehead atoms. The van der Waals surface area contributed by atoms with Crippen molar-refractivity contribution in [3.63, 3.8) is 0 Å². The summed E-state index contributed by atoms with van der Waals surface area (Å²) in [4.78, 5) is 10.5. The summed E-state index contributed by atoms with van der Waals surface area (Å²) in [7, 11) is 1.24. The van der Waals surface area contributed by atoms with Crippen molar-refractivity contribution in [2.24, 2.45) is 0 Å². The summed E-state index contributed by atoms with van der Waals surface area (Å²) in [6.07, 6.45) is 1.41. The van der Waals surface area contributed by atoms with Crippen LogP contribution in [0, 0.1) is 11.3 Å². The first-order valence-corrected chi connectivity index (χ1v) is 2.41. The van der Waals surface area contributed by atoms with Gasteiger partial charge in [0.2, 0.25) is 0 Å². The molecular weight excluding hydrogens is 118 g/mol. The van der Waals surface area contributed by atoms with Gasteiger partial charge in [-0.25, -0.2) is 4.79 Å². The number of esters is 1. The number of hydrogen-bond acceptors (Lipinski definition) is 3. The van der Waals surface area contributed by atoms with E-state index in [-0.39, 0.29) is 5.57 Å². The van der Waals surface area contributed by atoms with E-state index in [0.717, 1.165) is 0 Å². The molecule has 0 aromatic heterocycles. The highest BCUT2D eigenvalue weighted by atomic mass is 16.5. The first-order valence-electron chi connectivity index (χ1n) is 2.41. The Balaban J connectivity index is 4.19. The fourth-order valence-corrected chi connectivity index (χ4v) is 0.338. The highest BCUT2D eigenvalue weighted by molar-refractivity contribution is 5.92. The lowest BCUT2D eigenvalue weighted by Crippen LogP contribution is -2.01. The molecule has 0 unspecified atom stereocenters. The Hall–Kier alpha value is -1.30. The molecule has 0 radical (unpaired) electrons. The van der Waals surface area contributed by atoms with Crippen LogP contribution in [0.15, 0.2) is 11.6 Å². The van der Waals surface area contributed by atoms with Gasteiger partial charge in [0.15, 0.2) is 0 Å². The van der Waals surface area contributed by atoms with E-state index in [0.29, 0.717) is 0 Å². The Labute approximate surface area is 53.5 Å². The Kier molecular flexibility index (Phi) is 3.14. The molecule has 0 aliphatic carbocycles. The molecule has 0 aromatic carbocycles. The third kappa shape index (κ3) is 1.96. The molecule has 0 aliphatic heterocycles. The van der Waals surface area contributed by atoms with Gasteiger partial charge in [-0.3, -0.25) is 0 Å². The molecular formula is C6H7NO2. The van der Waals surface area contributed by atoms with Crippen LogP contribution in [0.4, 0.5) is 0 Å². The maximum absolute atomic E-state index is 10.5. The van der Waals surface area contributed by atoms with Crippen LogP contribution < -0.4 is 0 Å². The van der Waals surface area contributed by atoms with Gasteiger partial charge < -0.3 is 4.74 Å². The van der Waals surface area contributed by atoms with Crippen molar-refractivity contribution in [2.75, 3.05) is 7.11 Å². The lowest BCUT2D eigenvalue weighted by molar-refractivity contribution is -0.135. The van der Waals surface area contributed by atoms with Crippen LogP contribution in [0.2, 0.25) is 0 Å². The van der Waals surface area contributed by atoms with Gasteiger partial charge in [0.05, 0.1) is 7.11 Å². The van der Waals surface area contributed by atoms with E-state index in [1.54, 1.807) is 13.0 Å². The van der Waals surface area contributed by atoms with Crippen LogP contribution in [0.5, 0.6) is 0 Å². The van der Waals surface area contributed by atoms with Gasteiger partial charge in [0.25, 0.3) is 0 Å². The lowest BCUT2D eigenvalue weighted by atomic mass is 10.3. The van der Waals surface area contributed by atoms with Crippen LogP contribution >= 0.6 is 0 Å². The highest BCUT2D eigenvalue weighted by Gasteiger charge is 2.04. The quantitative estimate of drug-likeness (QED) is 0.293. The Bertz CT molecular complexity index is 176.